The van der Waals surface area contributed by atoms with Gasteiger partial charge in [0.05, 0.1) is 19.3 Å². The Hall–Kier alpha value is -2.86. The summed E-state index contributed by atoms with van der Waals surface area (Å²) in [4.78, 5) is 29.3. The minimum absolute atomic E-state index is 0.00170. The van der Waals surface area contributed by atoms with Gasteiger partial charge in [0, 0.05) is 30.9 Å². The lowest BCUT2D eigenvalue weighted by atomic mass is 10.1. The molecule has 6 heteroatoms. The van der Waals surface area contributed by atoms with Crippen molar-refractivity contribution in [2.45, 2.75) is 26.9 Å². The van der Waals surface area contributed by atoms with Gasteiger partial charge in [-0.15, -0.1) is 0 Å². The van der Waals surface area contributed by atoms with E-state index in [1.165, 1.54) is 0 Å². The number of carbonyl (C=O) groups excluding carboxylic acids is 2. The van der Waals surface area contributed by atoms with Crippen molar-refractivity contribution in [2.24, 2.45) is 5.92 Å². The average molecular weight is 410 g/mol. The fraction of sp³-hybridized carbons (Fsp3) is 0.417. The molecule has 1 aliphatic rings. The standard InChI is InChI=1S/C24H31N3O3/c1-18(2)15-27(23(28)20-11-9-19(3)10-12-20)17-22-16-26(13-14-30-22)24(29)25-21-7-5-4-6-8-21/h4-12,18,22H,13-17H2,1-3H3,(H,25,29). The van der Waals surface area contributed by atoms with Crippen LogP contribution in [0.2, 0.25) is 0 Å². The largest absolute Gasteiger partial charge is 0.373 e. The molecular weight excluding hydrogens is 378 g/mol. The SMILES string of the molecule is Cc1ccc(C(=O)N(CC(C)C)CC2CN(C(=O)Nc3ccccc3)CCO2)cc1. The first-order valence-corrected chi connectivity index (χ1v) is 10.5. The van der Waals surface area contributed by atoms with Gasteiger partial charge in [0.1, 0.15) is 0 Å². The first kappa shape index (κ1) is 21.8. The van der Waals surface area contributed by atoms with Gasteiger partial charge in [-0.1, -0.05) is 49.7 Å². The molecule has 0 aliphatic carbocycles. The number of anilines is 1. The van der Waals surface area contributed by atoms with E-state index in [1.807, 2.05) is 66.4 Å². The second-order valence-corrected chi connectivity index (χ2v) is 8.21. The number of hydrogen-bond acceptors (Lipinski definition) is 3. The van der Waals surface area contributed by atoms with E-state index in [-0.39, 0.29) is 18.0 Å². The molecule has 1 atom stereocenters. The summed E-state index contributed by atoms with van der Waals surface area (Å²) in [6, 6.07) is 16.9. The van der Waals surface area contributed by atoms with Crippen LogP contribution in [-0.2, 0) is 4.74 Å². The molecule has 0 radical (unpaired) electrons. The predicted octanol–water partition coefficient (Wildman–Crippen LogP) is 4.03. The molecule has 3 amide bonds. The van der Waals surface area contributed by atoms with E-state index in [9.17, 15) is 9.59 Å². The third-order valence-electron chi connectivity index (χ3n) is 5.05. The fourth-order valence-electron chi connectivity index (χ4n) is 3.54. The average Bonchev–Trinajstić information content (AvgIpc) is 2.74. The summed E-state index contributed by atoms with van der Waals surface area (Å²) < 4.78 is 5.91. The molecule has 2 aromatic rings. The lowest BCUT2D eigenvalue weighted by Gasteiger charge is -2.36. The van der Waals surface area contributed by atoms with Crippen LogP contribution in [0.25, 0.3) is 0 Å². The lowest BCUT2D eigenvalue weighted by Crippen LogP contribution is -2.52. The Morgan fingerprint density at radius 3 is 2.50 bits per heavy atom. The van der Waals surface area contributed by atoms with E-state index < -0.39 is 0 Å². The van der Waals surface area contributed by atoms with Gasteiger partial charge in [0.25, 0.3) is 5.91 Å². The number of para-hydroxylation sites is 1. The number of carbonyl (C=O) groups is 2. The highest BCUT2D eigenvalue weighted by Crippen LogP contribution is 2.15. The Morgan fingerprint density at radius 2 is 1.83 bits per heavy atom. The Bertz CT molecular complexity index is 837. The van der Waals surface area contributed by atoms with Gasteiger partial charge >= 0.3 is 6.03 Å². The van der Waals surface area contributed by atoms with E-state index >= 15 is 0 Å². The van der Waals surface area contributed by atoms with Crippen molar-refractivity contribution in [3.05, 3.63) is 65.7 Å². The zero-order chi connectivity index (χ0) is 21.5. The third kappa shape index (κ3) is 6.07. The van der Waals surface area contributed by atoms with Gasteiger partial charge in [0.15, 0.2) is 0 Å². The molecule has 0 aromatic heterocycles. The summed E-state index contributed by atoms with van der Waals surface area (Å²) in [5.74, 6) is 0.332. The van der Waals surface area contributed by atoms with E-state index in [0.717, 1.165) is 11.3 Å². The molecule has 1 saturated heterocycles. The van der Waals surface area contributed by atoms with Crippen molar-refractivity contribution in [1.82, 2.24) is 9.80 Å². The predicted molar refractivity (Wildman–Crippen MR) is 119 cm³/mol. The van der Waals surface area contributed by atoms with Crippen LogP contribution in [0.5, 0.6) is 0 Å². The molecule has 3 rings (SSSR count). The van der Waals surface area contributed by atoms with Crippen LogP contribution < -0.4 is 5.32 Å². The van der Waals surface area contributed by atoms with Crippen LogP contribution >= 0.6 is 0 Å². The Labute approximate surface area is 178 Å². The molecule has 2 aromatic carbocycles. The molecule has 1 heterocycles. The number of aryl methyl sites for hydroxylation is 1. The molecule has 1 aliphatic heterocycles. The molecule has 30 heavy (non-hydrogen) atoms. The van der Waals surface area contributed by atoms with Crippen molar-refractivity contribution in [3.63, 3.8) is 0 Å². The molecular formula is C24H31N3O3. The van der Waals surface area contributed by atoms with Crippen molar-refractivity contribution in [2.75, 3.05) is 38.1 Å². The molecule has 1 N–H and O–H groups in total. The first-order valence-electron chi connectivity index (χ1n) is 10.5. The number of nitrogens with zero attached hydrogens (tertiary/aromatic N) is 2. The number of morpholine rings is 1. The molecule has 1 unspecified atom stereocenters. The molecule has 0 spiro atoms. The smallest absolute Gasteiger partial charge is 0.322 e. The monoisotopic (exact) mass is 409 g/mol. The summed E-state index contributed by atoms with van der Waals surface area (Å²) >= 11 is 0. The quantitative estimate of drug-likeness (QED) is 0.784. The highest BCUT2D eigenvalue weighted by atomic mass is 16.5. The van der Waals surface area contributed by atoms with Gasteiger partial charge in [-0.3, -0.25) is 4.79 Å². The summed E-state index contributed by atoms with van der Waals surface area (Å²) in [5, 5.41) is 2.92. The van der Waals surface area contributed by atoms with Gasteiger partial charge in [-0.25, -0.2) is 4.79 Å². The Balaban J connectivity index is 1.64. The van der Waals surface area contributed by atoms with Crippen molar-refractivity contribution >= 4 is 17.6 Å². The van der Waals surface area contributed by atoms with Crippen LogP contribution in [0.1, 0.15) is 29.8 Å². The summed E-state index contributed by atoms with van der Waals surface area (Å²) in [7, 11) is 0. The van der Waals surface area contributed by atoms with Gasteiger partial charge in [-0.2, -0.15) is 0 Å². The van der Waals surface area contributed by atoms with Crippen LogP contribution in [-0.4, -0.2) is 60.6 Å². The molecule has 1 fully saturated rings. The Morgan fingerprint density at radius 1 is 1.13 bits per heavy atom. The maximum absolute atomic E-state index is 13.1. The minimum atomic E-state index is -0.214. The third-order valence-corrected chi connectivity index (χ3v) is 5.05. The van der Waals surface area contributed by atoms with E-state index in [1.54, 1.807) is 4.90 Å². The maximum atomic E-state index is 13.1. The highest BCUT2D eigenvalue weighted by molar-refractivity contribution is 5.94. The number of nitrogens with one attached hydrogen (secondary N) is 1. The number of hydrogen-bond donors (Lipinski definition) is 1. The minimum Gasteiger partial charge on any atom is -0.373 e. The van der Waals surface area contributed by atoms with Crippen molar-refractivity contribution < 1.29 is 14.3 Å². The van der Waals surface area contributed by atoms with Gasteiger partial charge in [-0.05, 0) is 37.1 Å². The number of ether oxygens (including phenoxy) is 1. The number of amides is 3. The normalized spacial score (nSPS) is 16.4. The molecule has 6 nitrogen and oxygen atoms in total. The summed E-state index contributed by atoms with van der Waals surface area (Å²) in [6.07, 6.45) is -0.214. The molecule has 160 valence electrons. The number of rotatable bonds is 6. The van der Waals surface area contributed by atoms with Crippen LogP contribution in [0.4, 0.5) is 10.5 Å². The molecule has 0 bridgehead atoms. The van der Waals surface area contributed by atoms with E-state index in [0.29, 0.717) is 44.3 Å². The first-order chi connectivity index (χ1) is 14.4. The number of benzene rings is 2. The van der Waals surface area contributed by atoms with Crippen LogP contribution in [0, 0.1) is 12.8 Å². The van der Waals surface area contributed by atoms with Gasteiger partial charge < -0.3 is 19.9 Å². The van der Waals surface area contributed by atoms with Gasteiger partial charge in [0.2, 0.25) is 0 Å². The zero-order valence-electron chi connectivity index (χ0n) is 18.0. The molecule has 0 saturated carbocycles. The van der Waals surface area contributed by atoms with Crippen molar-refractivity contribution in [1.29, 1.82) is 0 Å². The maximum Gasteiger partial charge on any atom is 0.322 e. The Kier molecular flexibility index (Phi) is 7.46. The second-order valence-electron chi connectivity index (χ2n) is 8.21. The highest BCUT2D eigenvalue weighted by Gasteiger charge is 2.28. The summed E-state index contributed by atoms with van der Waals surface area (Å²) in [6.45, 7) is 8.74. The van der Waals surface area contributed by atoms with Crippen LogP contribution in [0.15, 0.2) is 54.6 Å². The van der Waals surface area contributed by atoms with Crippen LogP contribution in [0.3, 0.4) is 0 Å². The lowest BCUT2D eigenvalue weighted by molar-refractivity contribution is -0.0272. The summed E-state index contributed by atoms with van der Waals surface area (Å²) in [5.41, 5.74) is 2.56. The second kappa shape index (κ2) is 10.3. The number of urea groups is 1. The zero-order valence-corrected chi connectivity index (χ0v) is 18.0. The fourth-order valence-corrected chi connectivity index (χ4v) is 3.54. The van der Waals surface area contributed by atoms with Crippen molar-refractivity contribution in [3.8, 4) is 0 Å². The van der Waals surface area contributed by atoms with E-state index in [2.05, 4.69) is 19.2 Å². The topological polar surface area (TPSA) is 61.9 Å². The van der Waals surface area contributed by atoms with E-state index in [4.69, 9.17) is 4.74 Å².